The van der Waals surface area contributed by atoms with Gasteiger partial charge in [-0.15, -0.1) is 0 Å². The van der Waals surface area contributed by atoms with Gasteiger partial charge in [-0.05, 0) is 124 Å². The summed E-state index contributed by atoms with van der Waals surface area (Å²) >= 11 is 0. The SMILES string of the molecule is CCCCCCC(CCC(CCCCCCCC(=O)O)C1CC2CC(C3C(=O)OC(=O)C3CCCC3C(C)(C(=O)O)CCCC23C)C1C(C)C)C1CC(=O)OC1=O. The molecule has 3 saturated carbocycles. The van der Waals surface area contributed by atoms with Gasteiger partial charge in [0.2, 0.25) is 0 Å². The fraction of sp³-hybridized carbons (Fsp3) is 0.872. The number of hydrogen-bond donors (Lipinski definition) is 2. The number of cyclic esters (lactones) is 4. The van der Waals surface area contributed by atoms with Gasteiger partial charge in [0, 0.05) is 6.42 Å². The normalized spacial score (nSPS) is 35.3. The number of rotatable bonds is 20. The van der Waals surface area contributed by atoms with Gasteiger partial charge in [-0.1, -0.05) is 98.3 Å². The van der Waals surface area contributed by atoms with Gasteiger partial charge >= 0.3 is 35.8 Å². The Morgan fingerprint density at radius 1 is 0.754 bits per heavy atom. The maximum Gasteiger partial charge on any atom is 0.317 e. The molecular weight excluding hydrogens is 725 g/mol. The fourth-order valence-electron chi connectivity index (χ4n) is 13.4. The third-order valence-corrected chi connectivity index (χ3v) is 16.3. The van der Waals surface area contributed by atoms with Crippen molar-refractivity contribution in [1.29, 1.82) is 0 Å². The Balaban J connectivity index is 1.52. The lowest BCUT2D eigenvalue weighted by molar-refractivity contribution is -0.169. The topological polar surface area (TPSA) is 161 Å². The number of carboxylic acid groups (broad SMARTS) is 2. The maximum absolute atomic E-state index is 13.9. The number of fused-ring (bicyclic) bond motifs is 6. The molecule has 2 heterocycles. The predicted octanol–water partition coefficient (Wildman–Crippen LogP) is 10.2. The Kier molecular flexibility index (Phi) is 15.9. The number of carbonyl (C=O) groups excluding carboxylic acids is 4. The summed E-state index contributed by atoms with van der Waals surface area (Å²) < 4.78 is 10.6. The van der Waals surface area contributed by atoms with Crippen LogP contribution in [0.5, 0.6) is 0 Å². The number of esters is 4. The lowest BCUT2D eigenvalue weighted by Gasteiger charge is -2.59. The second-order valence-corrected chi connectivity index (χ2v) is 20.0. The van der Waals surface area contributed by atoms with Crippen LogP contribution in [0.4, 0.5) is 0 Å². The third kappa shape index (κ3) is 10.3. The van der Waals surface area contributed by atoms with Crippen LogP contribution < -0.4 is 0 Å². The molecule has 10 nitrogen and oxygen atoms in total. The van der Waals surface area contributed by atoms with Crippen LogP contribution in [0.15, 0.2) is 0 Å². The molecule has 12 unspecified atom stereocenters. The quantitative estimate of drug-likeness (QED) is 0.0689. The Hall–Kier alpha value is -2.78. The van der Waals surface area contributed by atoms with Crippen molar-refractivity contribution < 1.29 is 48.5 Å². The van der Waals surface area contributed by atoms with E-state index in [2.05, 4.69) is 27.7 Å². The zero-order chi connectivity index (χ0) is 41.5. The molecule has 5 rings (SSSR count). The first-order valence-electron chi connectivity index (χ1n) is 23.1. The van der Waals surface area contributed by atoms with E-state index in [4.69, 9.17) is 14.6 Å². The molecule has 0 amide bonds. The summed E-state index contributed by atoms with van der Waals surface area (Å²) in [6.07, 6.45) is 18.8. The van der Waals surface area contributed by atoms with Crippen LogP contribution in [0.1, 0.15) is 182 Å². The Morgan fingerprint density at radius 2 is 1.42 bits per heavy atom. The van der Waals surface area contributed by atoms with Gasteiger partial charge < -0.3 is 19.7 Å². The number of carboxylic acids is 2. The average Bonchev–Trinajstić information content (AvgIpc) is 3.64. The van der Waals surface area contributed by atoms with Crippen molar-refractivity contribution in [3.63, 3.8) is 0 Å². The summed E-state index contributed by atoms with van der Waals surface area (Å²) in [6, 6.07) is 0. The van der Waals surface area contributed by atoms with Gasteiger partial charge in [0.15, 0.2) is 0 Å². The zero-order valence-corrected chi connectivity index (χ0v) is 35.8. The molecule has 57 heavy (non-hydrogen) atoms. The number of aliphatic carboxylic acids is 2. The van der Waals surface area contributed by atoms with Crippen molar-refractivity contribution in [1.82, 2.24) is 0 Å². The lowest BCUT2D eigenvalue weighted by Crippen LogP contribution is -2.55. The van der Waals surface area contributed by atoms with Crippen LogP contribution in [-0.2, 0) is 38.2 Å². The van der Waals surface area contributed by atoms with Crippen molar-refractivity contribution in [3.05, 3.63) is 0 Å². The van der Waals surface area contributed by atoms with E-state index in [1.807, 2.05) is 6.92 Å². The summed E-state index contributed by atoms with van der Waals surface area (Å²) in [5.41, 5.74) is -1.11. The Morgan fingerprint density at radius 3 is 2.07 bits per heavy atom. The highest BCUT2D eigenvalue weighted by Crippen LogP contribution is 2.64. The van der Waals surface area contributed by atoms with Gasteiger partial charge in [0.05, 0.1) is 29.6 Å². The van der Waals surface area contributed by atoms with Crippen molar-refractivity contribution in [2.45, 2.75) is 182 Å². The first-order valence-corrected chi connectivity index (χ1v) is 23.1. The molecule has 0 aromatic carbocycles. The summed E-state index contributed by atoms with van der Waals surface area (Å²) in [5.74, 6) is -3.54. The molecule has 5 fully saturated rings. The standard InChI is InChI=1S/C47H74O10/c1-6-7-8-12-18-31(35-28-39(50)56-43(35)52)23-22-30(17-13-10-9-11-14-21-38(48)49)34-26-32-27-36(40(34)29(2)3)41-33(42(51)57-44(41)53)19-15-20-37-46(32,4)24-16-25-47(37,5)45(54)55/h29-37,40-41H,6-28H2,1-5H3,(H,48,49)(H,54,55). The highest BCUT2D eigenvalue weighted by Gasteiger charge is 2.61. The molecule has 0 radical (unpaired) electrons. The van der Waals surface area contributed by atoms with Crippen molar-refractivity contribution in [3.8, 4) is 0 Å². The number of hydrogen-bond acceptors (Lipinski definition) is 8. The fourth-order valence-corrected chi connectivity index (χ4v) is 13.4. The van der Waals surface area contributed by atoms with Crippen molar-refractivity contribution in [2.24, 2.45) is 75.9 Å². The van der Waals surface area contributed by atoms with Crippen LogP contribution >= 0.6 is 0 Å². The lowest BCUT2D eigenvalue weighted by atomic mass is 9.44. The van der Waals surface area contributed by atoms with Gasteiger partial charge in [-0.3, -0.25) is 28.8 Å². The first kappa shape index (κ1) is 45.3. The molecule has 2 bridgehead atoms. The molecule has 2 saturated heterocycles. The van der Waals surface area contributed by atoms with Gasteiger partial charge in [-0.2, -0.15) is 0 Å². The summed E-state index contributed by atoms with van der Waals surface area (Å²) in [6.45, 7) is 11.0. The van der Waals surface area contributed by atoms with E-state index >= 15 is 0 Å². The highest BCUT2D eigenvalue weighted by atomic mass is 16.6. The smallest absolute Gasteiger partial charge is 0.317 e. The van der Waals surface area contributed by atoms with Crippen LogP contribution in [0.2, 0.25) is 0 Å². The second kappa shape index (κ2) is 20.0. The minimum Gasteiger partial charge on any atom is -0.481 e. The molecular formula is C47H74O10. The molecule has 0 aromatic heterocycles. The van der Waals surface area contributed by atoms with E-state index in [-0.39, 0.29) is 77.5 Å². The summed E-state index contributed by atoms with van der Waals surface area (Å²) in [4.78, 5) is 77.0. The Labute approximate surface area is 341 Å². The Bertz CT molecular complexity index is 1440. The van der Waals surface area contributed by atoms with Crippen LogP contribution in [-0.4, -0.2) is 46.0 Å². The maximum atomic E-state index is 13.9. The van der Waals surface area contributed by atoms with Gasteiger partial charge in [0.25, 0.3) is 0 Å². The van der Waals surface area contributed by atoms with Crippen molar-refractivity contribution in [2.75, 3.05) is 0 Å². The van der Waals surface area contributed by atoms with E-state index in [1.54, 1.807) is 0 Å². The van der Waals surface area contributed by atoms with E-state index in [9.17, 15) is 33.9 Å². The molecule has 5 aliphatic rings. The number of carbonyl (C=O) groups is 6. The number of unbranched alkanes of at least 4 members (excludes halogenated alkanes) is 7. The largest absolute Gasteiger partial charge is 0.481 e. The molecule has 0 aromatic rings. The first-order chi connectivity index (χ1) is 27.1. The van der Waals surface area contributed by atoms with Crippen LogP contribution in [0, 0.1) is 75.9 Å². The third-order valence-electron chi connectivity index (χ3n) is 16.3. The highest BCUT2D eigenvalue weighted by molar-refractivity contribution is 5.96. The molecule has 10 heteroatoms. The minimum atomic E-state index is -0.865. The molecule has 2 N–H and O–H groups in total. The monoisotopic (exact) mass is 799 g/mol. The van der Waals surface area contributed by atoms with E-state index in [0.717, 1.165) is 103 Å². The van der Waals surface area contributed by atoms with E-state index in [1.165, 1.54) is 0 Å². The molecule has 12 atom stereocenters. The average molecular weight is 799 g/mol. The second-order valence-electron chi connectivity index (χ2n) is 20.0. The molecule has 322 valence electrons. The zero-order valence-electron chi connectivity index (χ0n) is 35.8. The molecule has 2 aliphatic heterocycles. The van der Waals surface area contributed by atoms with Crippen LogP contribution in [0.3, 0.4) is 0 Å². The van der Waals surface area contributed by atoms with E-state index < -0.39 is 47.0 Å². The van der Waals surface area contributed by atoms with Gasteiger partial charge in [0.1, 0.15) is 0 Å². The predicted molar refractivity (Wildman–Crippen MR) is 215 cm³/mol. The minimum absolute atomic E-state index is 0.0425. The summed E-state index contributed by atoms with van der Waals surface area (Å²) in [7, 11) is 0. The molecule has 0 spiro atoms. The molecule has 3 aliphatic carbocycles. The van der Waals surface area contributed by atoms with E-state index in [0.29, 0.717) is 32.1 Å². The summed E-state index contributed by atoms with van der Waals surface area (Å²) in [5, 5.41) is 19.9. The van der Waals surface area contributed by atoms with Gasteiger partial charge in [-0.25, -0.2) is 0 Å². The van der Waals surface area contributed by atoms with Crippen molar-refractivity contribution >= 4 is 35.8 Å². The van der Waals surface area contributed by atoms with Crippen LogP contribution in [0.25, 0.3) is 0 Å². The number of ether oxygens (including phenoxy) is 2.